The van der Waals surface area contributed by atoms with Gasteiger partial charge in [0, 0.05) is 6.42 Å². The number of allylic oxidation sites excluding steroid dienone is 1. The number of rotatable bonds is 3. The summed E-state index contributed by atoms with van der Waals surface area (Å²) in [5.74, 6) is -0.844. The van der Waals surface area contributed by atoms with E-state index in [-0.39, 0.29) is 6.42 Å². The standard InChI is InChI=1S/C5H8O3/c6-4-2-1-3-5(7)8/h2,4,6H,1,3H2,(H,7,8). The van der Waals surface area contributed by atoms with Gasteiger partial charge in [-0.1, -0.05) is 0 Å². The van der Waals surface area contributed by atoms with Crippen molar-refractivity contribution in [3.63, 3.8) is 0 Å². The van der Waals surface area contributed by atoms with Gasteiger partial charge < -0.3 is 10.2 Å². The number of carboxylic acid groups (broad SMARTS) is 1. The first-order chi connectivity index (χ1) is 3.77. The lowest BCUT2D eigenvalue weighted by Gasteiger charge is -1.83. The molecule has 0 aliphatic heterocycles. The Morgan fingerprint density at radius 2 is 2.25 bits per heavy atom. The molecule has 0 aromatic heterocycles. The van der Waals surface area contributed by atoms with Crippen LogP contribution in [0.2, 0.25) is 0 Å². The minimum atomic E-state index is -0.844. The molecule has 0 aromatic carbocycles. The van der Waals surface area contributed by atoms with E-state index in [1.54, 1.807) is 0 Å². The molecule has 0 radical (unpaired) electrons. The Morgan fingerprint density at radius 3 is 2.62 bits per heavy atom. The van der Waals surface area contributed by atoms with Crippen LogP contribution in [-0.4, -0.2) is 16.2 Å². The van der Waals surface area contributed by atoms with Gasteiger partial charge in [-0.2, -0.15) is 0 Å². The lowest BCUT2D eigenvalue weighted by Crippen LogP contribution is -1.91. The summed E-state index contributed by atoms with van der Waals surface area (Å²) < 4.78 is 0. The van der Waals surface area contributed by atoms with Gasteiger partial charge in [0.05, 0.1) is 6.26 Å². The summed E-state index contributed by atoms with van der Waals surface area (Å²) in [5, 5.41) is 16.0. The van der Waals surface area contributed by atoms with Crippen molar-refractivity contribution >= 4 is 5.97 Å². The summed E-state index contributed by atoms with van der Waals surface area (Å²) in [6.45, 7) is 0. The molecule has 0 bridgehead atoms. The van der Waals surface area contributed by atoms with Crippen LogP contribution in [0.25, 0.3) is 0 Å². The third-order valence-electron chi connectivity index (χ3n) is 0.630. The van der Waals surface area contributed by atoms with Gasteiger partial charge in [0.25, 0.3) is 0 Å². The Hall–Kier alpha value is -0.990. The predicted octanol–water partition coefficient (Wildman–Crippen LogP) is 0.923. The summed E-state index contributed by atoms with van der Waals surface area (Å²) in [7, 11) is 0. The highest BCUT2D eigenvalue weighted by Crippen LogP contribution is 1.87. The van der Waals surface area contributed by atoms with E-state index < -0.39 is 5.97 Å². The maximum atomic E-state index is 9.76. The number of hydrogen-bond donors (Lipinski definition) is 2. The van der Waals surface area contributed by atoms with Crippen LogP contribution in [0.3, 0.4) is 0 Å². The molecule has 0 aliphatic rings. The Bertz CT molecular complexity index is 95.8. The zero-order valence-electron chi connectivity index (χ0n) is 4.37. The topological polar surface area (TPSA) is 57.5 Å². The molecule has 3 nitrogen and oxygen atoms in total. The quantitative estimate of drug-likeness (QED) is 0.539. The van der Waals surface area contributed by atoms with E-state index in [0.717, 1.165) is 6.26 Å². The van der Waals surface area contributed by atoms with Gasteiger partial charge in [-0.05, 0) is 12.5 Å². The maximum Gasteiger partial charge on any atom is 0.303 e. The van der Waals surface area contributed by atoms with Crippen molar-refractivity contribution in [3.8, 4) is 0 Å². The fourth-order valence-electron chi connectivity index (χ4n) is 0.281. The summed E-state index contributed by atoms with van der Waals surface area (Å²) in [4.78, 5) is 9.76. The molecule has 0 fully saturated rings. The average Bonchev–Trinajstić information content (AvgIpc) is 1.66. The summed E-state index contributed by atoms with van der Waals surface area (Å²) >= 11 is 0. The minimum absolute atomic E-state index is 0.0804. The van der Waals surface area contributed by atoms with Crippen LogP contribution >= 0.6 is 0 Å². The first-order valence-electron chi connectivity index (χ1n) is 2.28. The monoisotopic (exact) mass is 116 g/mol. The van der Waals surface area contributed by atoms with Gasteiger partial charge in [0.15, 0.2) is 0 Å². The highest BCUT2D eigenvalue weighted by molar-refractivity contribution is 5.66. The van der Waals surface area contributed by atoms with Crippen molar-refractivity contribution in [2.24, 2.45) is 0 Å². The van der Waals surface area contributed by atoms with E-state index in [4.69, 9.17) is 10.2 Å². The van der Waals surface area contributed by atoms with Crippen LogP contribution in [0.5, 0.6) is 0 Å². The second-order valence-electron chi connectivity index (χ2n) is 1.32. The van der Waals surface area contributed by atoms with Gasteiger partial charge in [-0.15, -0.1) is 0 Å². The molecule has 0 unspecified atom stereocenters. The lowest BCUT2D eigenvalue weighted by atomic mass is 10.3. The fourth-order valence-corrected chi connectivity index (χ4v) is 0.281. The number of carboxylic acids is 1. The van der Waals surface area contributed by atoms with Crippen molar-refractivity contribution in [1.29, 1.82) is 0 Å². The van der Waals surface area contributed by atoms with Crippen LogP contribution in [-0.2, 0) is 4.79 Å². The smallest absolute Gasteiger partial charge is 0.303 e. The van der Waals surface area contributed by atoms with Crippen LogP contribution in [0.4, 0.5) is 0 Å². The van der Waals surface area contributed by atoms with Crippen LogP contribution in [0.1, 0.15) is 12.8 Å². The van der Waals surface area contributed by atoms with E-state index in [0.29, 0.717) is 6.42 Å². The molecule has 0 atom stereocenters. The molecule has 46 valence electrons. The first-order valence-corrected chi connectivity index (χ1v) is 2.28. The molecular formula is C5H8O3. The van der Waals surface area contributed by atoms with Gasteiger partial charge in [0.2, 0.25) is 0 Å². The number of aliphatic carboxylic acids is 1. The van der Waals surface area contributed by atoms with Gasteiger partial charge in [-0.25, -0.2) is 0 Å². The summed E-state index contributed by atoms with van der Waals surface area (Å²) in [6.07, 6.45) is 2.72. The zero-order chi connectivity index (χ0) is 6.41. The number of hydrogen-bond acceptors (Lipinski definition) is 2. The molecule has 2 N–H and O–H groups in total. The molecule has 8 heavy (non-hydrogen) atoms. The normalized spacial score (nSPS) is 10.0. The second kappa shape index (κ2) is 4.18. The van der Waals surface area contributed by atoms with Crippen LogP contribution < -0.4 is 0 Å². The van der Waals surface area contributed by atoms with E-state index in [1.165, 1.54) is 6.08 Å². The molecule has 0 aromatic rings. The van der Waals surface area contributed by atoms with Crippen molar-refractivity contribution in [1.82, 2.24) is 0 Å². The van der Waals surface area contributed by atoms with E-state index in [1.807, 2.05) is 0 Å². The van der Waals surface area contributed by atoms with Gasteiger partial charge in [-0.3, -0.25) is 4.79 Å². The Labute approximate surface area is 47.3 Å². The van der Waals surface area contributed by atoms with Crippen molar-refractivity contribution in [2.75, 3.05) is 0 Å². The highest BCUT2D eigenvalue weighted by Gasteiger charge is 1.90. The first kappa shape index (κ1) is 7.01. The third-order valence-corrected chi connectivity index (χ3v) is 0.630. The molecule has 0 rings (SSSR count). The molecule has 0 spiro atoms. The Kier molecular flexibility index (Phi) is 3.66. The van der Waals surface area contributed by atoms with Gasteiger partial charge >= 0.3 is 5.97 Å². The summed E-state index contributed by atoms with van der Waals surface area (Å²) in [5.41, 5.74) is 0. The van der Waals surface area contributed by atoms with E-state index >= 15 is 0 Å². The minimum Gasteiger partial charge on any atom is -0.516 e. The summed E-state index contributed by atoms with van der Waals surface area (Å²) in [6, 6.07) is 0. The SMILES string of the molecule is O=C(O)CCC=CO. The predicted molar refractivity (Wildman–Crippen MR) is 28.6 cm³/mol. The molecular weight excluding hydrogens is 108 g/mol. The van der Waals surface area contributed by atoms with Crippen LogP contribution in [0, 0.1) is 0 Å². The third kappa shape index (κ3) is 5.01. The molecule has 0 saturated carbocycles. The number of aliphatic hydroxyl groups excluding tert-OH is 1. The Balaban J connectivity index is 3.05. The molecule has 0 amide bonds. The molecule has 0 heterocycles. The van der Waals surface area contributed by atoms with Gasteiger partial charge in [0.1, 0.15) is 0 Å². The van der Waals surface area contributed by atoms with Crippen molar-refractivity contribution < 1.29 is 15.0 Å². The van der Waals surface area contributed by atoms with Crippen molar-refractivity contribution in [2.45, 2.75) is 12.8 Å². The van der Waals surface area contributed by atoms with E-state index in [9.17, 15) is 4.79 Å². The zero-order valence-corrected chi connectivity index (χ0v) is 4.37. The Morgan fingerprint density at radius 1 is 1.62 bits per heavy atom. The largest absolute Gasteiger partial charge is 0.516 e. The lowest BCUT2D eigenvalue weighted by molar-refractivity contribution is -0.136. The maximum absolute atomic E-state index is 9.76. The van der Waals surface area contributed by atoms with Crippen molar-refractivity contribution in [3.05, 3.63) is 12.3 Å². The average molecular weight is 116 g/mol. The van der Waals surface area contributed by atoms with Crippen LogP contribution in [0.15, 0.2) is 12.3 Å². The van der Waals surface area contributed by atoms with E-state index in [2.05, 4.69) is 0 Å². The number of aliphatic hydroxyl groups is 1. The second-order valence-corrected chi connectivity index (χ2v) is 1.32. The molecule has 3 heteroatoms. The fraction of sp³-hybridized carbons (Fsp3) is 0.400. The number of carbonyl (C=O) groups is 1. The highest BCUT2D eigenvalue weighted by atomic mass is 16.4. The molecule has 0 aliphatic carbocycles. The molecule has 0 saturated heterocycles.